The summed E-state index contributed by atoms with van der Waals surface area (Å²) in [6.45, 7) is 0. The number of fused-ring (bicyclic) bond motifs is 3. The molecule has 1 aliphatic heterocycles. The zero-order valence-electron chi connectivity index (χ0n) is 15.6. The number of aromatic nitrogens is 3. The van der Waals surface area contributed by atoms with E-state index in [4.69, 9.17) is 9.73 Å². The molecule has 0 radical (unpaired) electrons. The number of carbonyl (C=O) groups is 2. The van der Waals surface area contributed by atoms with E-state index in [2.05, 4.69) is 25.9 Å². The largest absolute Gasteiger partial charge is 0.469 e. The minimum Gasteiger partial charge on any atom is -0.469 e. The molecule has 0 N–H and O–H groups in total. The van der Waals surface area contributed by atoms with Gasteiger partial charge in [-0.25, -0.2) is 4.98 Å². The van der Waals surface area contributed by atoms with Crippen molar-refractivity contribution in [2.45, 2.75) is 18.9 Å². The van der Waals surface area contributed by atoms with E-state index in [-0.39, 0.29) is 12.4 Å². The van der Waals surface area contributed by atoms with Gasteiger partial charge in [0.05, 0.1) is 30.4 Å². The summed E-state index contributed by atoms with van der Waals surface area (Å²) >= 11 is 3.53. The van der Waals surface area contributed by atoms with Crippen LogP contribution in [0.4, 0.5) is 0 Å². The molecule has 3 aromatic rings. The second-order valence-electron chi connectivity index (χ2n) is 6.48. The molecule has 1 aliphatic rings. The first kappa shape index (κ1) is 19.2. The molecule has 8 heteroatoms. The lowest BCUT2D eigenvalue weighted by atomic mass is 10.0. The predicted octanol–water partition coefficient (Wildman–Crippen LogP) is 3.69. The molecule has 3 heterocycles. The molecule has 4 rings (SSSR count). The number of imidazole rings is 1. The molecule has 1 aromatic carbocycles. The maximum atomic E-state index is 11.8. The third-order valence-corrected chi connectivity index (χ3v) is 5.23. The van der Waals surface area contributed by atoms with Gasteiger partial charge in [-0.15, -0.1) is 0 Å². The van der Waals surface area contributed by atoms with Gasteiger partial charge in [-0.1, -0.05) is 22.0 Å². The van der Waals surface area contributed by atoms with Crippen molar-refractivity contribution in [3.05, 3.63) is 76.0 Å². The van der Waals surface area contributed by atoms with Crippen molar-refractivity contribution in [2.75, 3.05) is 7.11 Å². The van der Waals surface area contributed by atoms with E-state index < -0.39 is 6.04 Å². The number of rotatable bonds is 5. The third kappa shape index (κ3) is 3.63. The summed E-state index contributed by atoms with van der Waals surface area (Å²) in [6.07, 6.45) is 4.59. The number of pyridine rings is 1. The summed E-state index contributed by atoms with van der Waals surface area (Å²) < 4.78 is 7.47. The number of nitrogens with zero attached hydrogens (tertiary/aromatic N) is 4. The van der Waals surface area contributed by atoms with Crippen LogP contribution in [0, 0.1) is 0 Å². The Bertz CT molecular complexity index is 1110. The van der Waals surface area contributed by atoms with Gasteiger partial charge in [-0.3, -0.25) is 24.1 Å². The predicted molar refractivity (Wildman–Crippen MR) is 111 cm³/mol. The van der Waals surface area contributed by atoms with Gasteiger partial charge in [0.1, 0.15) is 17.6 Å². The summed E-state index contributed by atoms with van der Waals surface area (Å²) in [5.41, 5.74) is 3.41. The van der Waals surface area contributed by atoms with Gasteiger partial charge in [0.15, 0.2) is 6.29 Å². The summed E-state index contributed by atoms with van der Waals surface area (Å²) in [6, 6.07) is 10.9. The zero-order valence-corrected chi connectivity index (χ0v) is 17.2. The minimum absolute atomic E-state index is 0.184. The number of benzene rings is 1. The SMILES string of the molecule is COC(=O)CCC1N=C(c2ccccn2)c2cc(Br)ccc2-n2c(C=O)cnc21. The van der Waals surface area contributed by atoms with Crippen molar-refractivity contribution >= 4 is 33.9 Å². The molecule has 0 saturated heterocycles. The van der Waals surface area contributed by atoms with Crippen LogP contribution in [-0.4, -0.2) is 39.6 Å². The van der Waals surface area contributed by atoms with Gasteiger partial charge in [0, 0.05) is 22.7 Å². The van der Waals surface area contributed by atoms with E-state index >= 15 is 0 Å². The Kier molecular flexibility index (Phi) is 5.35. The maximum absolute atomic E-state index is 11.8. The van der Waals surface area contributed by atoms with E-state index in [0.29, 0.717) is 29.3 Å². The van der Waals surface area contributed by atoms with Crippen LogP contribution in [0.3, 0.4) is 0 Å². The Hall–Kier alpha value is -3.13. The molecule has 1 atom stereocenters. The quantitative estimate of drug-likeness (QED) is 0.435. The fraction of sp³-hybridized carbons (Fsp3) is 0.190. The number of ether oxygens (including phenoxy) is 1. The van der Waals surface area contributed by atoms with Crippen molar-refractivity contribution in [3.63, 3.8) is 0 Å². The highest BCUT2D eigenvalue weighted by Crippen LogP contribution is 2.34. The number of hydrogen-bond donors (Lipinski definition) is 0. The number of methoxy groups -OCH3 is 1. The highest BCUT2D eigenvalue weighted by Gasteiger charge is 2.28. The molecule has 2 aromatic heterocycles. The molecule has 0 amide bonds. The average Bonchev–Trinajstić information content (AvgIpc) is 3.12. The van der Waals surface area contributed by atoms with Gasteiger partial charge in [-0.05, 0) is 36.8 Å². The first-order valence-corrected chi connectivity index (χ1v) is 9.80. The third-order valence-electron chi connectivity index (χ3n) is 4.73. The molecule has 7 nitrogen and oxygen atoms in total. The summed E-state index contributed by atoms with van der Waals surface area (Å²) in [7, 11) is 1.36. The van der Waals surface area contributed by atoms with Crippen LogP contribution in [0.15, 0.2) is 58.3 Å². The molecule has 0 spiro atoms. The van der Waals surface area contributed by atoms with Crippen molar-refractivity contribution in [1.82, 2.24) is 14.5 Å². The highest BCUT2D eigenvalue weighted by atomic mass is 79.9. The van der Waals surface area contributed by atoms with Gasteiger partial charge in [-0.2, -0.15) is 0 Å². The monoisotopic (exact) mass is 452 g/mol. The molecule has 1 unspecified atom stereocenters. The molecule has 0 fully saturated rings. The molecule has 0 aliphatic carbocycles. The Morgan fingerprint density at radius 2 is 2.14 bits per heavy atom. The van der Waals surface area contributed by atoms with Crippen LogP contribution in [0.25, 0.3) is 5.69 Å². The van der Waals surface area contributed by atoms with Crippen LogP contribution in [0.5, 0.6) is 0 Å². The second kappa shape index (κ2) is 8.08. The molecular weight excluding hydrogens is 436 g/mol. The van der Waals surface area contributed by atoms with Crippen LogP contribution >= 0.6 is 15.9 Å². The van der Waals surface area contributed by atoms with E-state index in [1.165, 1.54) is 13.3 Å². The van der Waals surface area contributed by atoms with E-state index in [1.807, 2.05) is 36.4 Å². The van der Waals surface area contributed by atoms with E-state index in [0.717, 1.165) is 22.0 Å². The molecule has 0 saturated carbocycles. The summed E-state index contributed by atoms with van der Waals surface area (Å²) in [5, 5.41) is 0. The van der Waals surface area contributed by atoms with Crippen LogP contribution in [0.1, 0.15) is 46.5 Å². The number of aldehydes is 1. The standard InChI is InChI=1S/C21H17BrN4O3/c1-29-19(28)8-6-17-21-24-11-14(12-27)26(21)18-7-5-13(22)10-15(18)20(25-17)16-4-2-3-9-23-16/h2-5,7,9-12,17H,6,8H2,1H3. The fourth-order valence-electron chi connectivity index (χ4n) is 3.39. The van der Waals surface area contributed by atoms with Gasteiger partial charge in [0.2, 0.25) is 0 Å². The second-order valence-corrected chi connectivity index (χ2v) is 7.39. The number of hydrogen-bond acceptors (Lipinski definition) is 6. The fourth-order valence-corrected chi connectivity index (χ4v) is 3.76. The first-order valence-electron chi connectivity index (χ1n) is 9.01. The first-order chi connectivity index (χ1) is 14.1. The molecule has 0 bridgehead atoms. The van der Waals surface area contributed by atoms with Crippen molar-refractivity contribution in [3.8, 4) is 5.69 Å². The zero-order chi connectivity index (χ0) is 20.4. The van der Waals surface area contributed by atoms with Crippen LogP contribution in [0.2, 0.25) is 0 Å². The van der Waals surface area contributed by atoms with Crippen molar-refractivity contribution < 1.29 is 14.3 Å². The Morgan fingerprint density at radius 3 is 2.86 bits per heavy atom. The molecule has 29 heavy (non-hydrogen) atoms. The highest BCUT2D eigenvalue weighted by molar-refractivity contribution is 9.10. The minimum atomic E-state index is -0.439. The Balaban J connectivity index is 1.95. The van der Waals surface area contributed by atoms with Crippen LogP contribution < -0.4 is 0 Å². The van der Waals surface area contributed by atoms with Crippen LogP contribution in [-0.2, 0) is 9.53 Å². The van der Waals surface area contributed by atoms with E-state index in [1.54, 1.807) is 10.8 Å². The lowest BCUT2D eigenvalue weighted by Crippen LogP contribution is -2.10. The smallest absolute Gasteiger partial charge is 0.305 e. The number of halogens is 1. The Morgan fingerprint density at radius 1 is 1.28 bits per heavy atom. The van der Waals surface area contributed by atoms with Crippen molar-refractivity contribution in [2.24, 2.45) is 4.99 Å². The summed E-state index contributed by atoms with van der Waals surface area (Å²) in [4.78, 5) is 37.3. The number of carbonyl (C=O) groups excluding carboxylic acids is 2. The molecular formula is C21H17BrN4O3. The number of esters is 1. The van der Waals surface area contributed by atoms with E-state index in [9.17, 15) is 9.59 Å². The lowest BCUT2D eigenvalue weighted by Gasteiger charge is -2.13. The average molecular weight is 453 g/mol. The lowest BCUT2D eigenvalue weighted by molar-refractivity contribution is -0.140. The maximum Gasteiger partial charge on any atom is 0.305 e. The van der Waals surface area contributed by atoms with Gasteiger partial charge < -0.3 is 4.74 Å². The number of aliphatic imine (C=N–C) groups is 1. The van der Waals surface area contributed by atoms with Gasteiger partial charge >= 0.3 is 5.97 Å². The topological polar surface area (TPSA) is 86.4 Å². The van der Waals surface area contributed by atoms with Crippen molar-refractivity contribution in [1.29, 1.82) is 0 Å². The van der Waals surface area contributed by atoms with Gasteiger partial charge in [0.25, 0.3) is 0 Å². The normalized spacial score (nSPS) is 15.0. The molecule has 146 valence electrons. The Labute approximate surface area is 175 Å². The summed E-state index contributed by atoms with van der Waals surface area (Å²) in [5.74, 6) is 0.281.